The minimum Gasteiger partial charge on any atom is -0.370 e. The zero-order valence-corrected chi connectivity index (χ0v) is 11.9. The average molecular weight is 246 g/mol. The molecule has 1 N–H and O–H groups in total. The van der Waals surface area contributed by atoms with Crippen molar-refractivity contribution in [3.8, 4) is 0 Å². The summed E-state index contributed by atoms with van der Waals surface area (Å²) in [5.74, 6) is 0.680. The number of likely N-dealkylation sites (N-methyl/N-ethyl adjacent to an activating group) is 1. The quantitative estimate of drug-likeness (QED) is 0.859. The van der Waals surface area contributed by atoms with Gasteiger partial charge in [-0.3, -0.25) is 0 Å². The number of anilines is 1. The van der Waals surface area contributed by atoms with E-state index in [-0.39, 0.29) is 0 Å². The second-order valence-corrected chi connectivity index (χ2v) is 5.59. The van der Waals surface area contributed by atoms with Crippen LogP contribution in [-0.2, 0) is 6.42 Å². The molecule has 0 saturated heterocycles. The second kappa shape index (κ2) is 6.24. The summed E-state index contributed by atoms with van der Waals surface area (Å²) < 4.78 is 0. The Bertz CT molecular complexity index is 373. The van der Waals surface area contributed by atoms with Crippen molar-refractivity contribution in [1.29, 1.82) is 0 Å². The van der Waals surface area contributed by atoms with Crippen LogP contribution in [0.5, 0.6) is 0 Å². The van der Waals surface area contributed by atoms with Gasteiger partial charge in [0, 0.05) is 24.8 Å². The number of aryl methyl sites for hydroxylation is 1. The fourth-order valence-electron chi connectivity index (χ4n) is 2.81. The molecule has 0 spiro atoms. The minimum absolute atomic E-state index is 0.584. The van der Waals surface area contributed by atoms with Gasteiger partial charge >= 0.3 is 0 Å². The molecule has 0 fully saturated rings. The lowest BCUT2D eigenvalue weighted by molar-refractivity contribution is 0.402. The highest BCUT2D eigenvalue weighted by Crippen LogP contribution is 2.27. The molecule has 0 aromatic heterocycles. The Morgan fingerprint density at radius 1 is 1.28 bits per heavy atom. The van der Waals surface area contributed by atoms with Crippen molar-refractivity contribution in [2.75, 3.05) is 24.5 Å². The fourth-order valence-corrected chi connectivity index (χ4v) is 2.81. The van der Waals surface area contributed by atoms with Crippen molar-refractivity contribution >= 4 is 5.69 Å². The van der Waals surface area contributed by atoms with E-state index in [9.17, 15) is 0 Å². The molecule has 2 rings (SSSR count). The zero-order chi connectivity index (χ0) is 13.0. The van der Waals surface area contributed by atoms with Crippen LogP contribution >= 0.6 is 0 Å². The van der Waals surface area contributed by atoms with Gasteiger partial charge in [0.1, 0.15) is 0 Å². The van der Waals surface area contributed by atoms with Crippen LogP contribution in [0.2, 0.25) is 0 Å². The Morgan fingerprint density at radius 2 is 2.06 bits per heavy atom. The topological polar surface area (TPSA) is 15.3 Å². The molecule has 1 aromatic rings. The molecule has 0 aliphatic carbocycles. The number of nitrogens with one attached hydrogen (secondary N) is 1. The van der Waals surface area contributed by atoms with Gasteiger partial charge in [-0.05, 0) is 36.9 Å². The maximum Gasteiger partial charge on any atom is 0.0399 e. The average Bonchev–Trinajstić information content (AvgIpc) is 2.38. The number of nitrogens with zero attached hydrogens (tertiary/aromatic N) is 1. The van der Waals surface area contributed by atoms with E-state index < -0.39 is 0 Å². The Hall–Kier alpha value is -1.02. The van der Waals surface area contributed by atoms with Gasteiger partial charge in [-0.2, -0.15) is 0 Å². The third-order valence-corrected chi connectivity index (χ3v) is 3.89. The lowest BCUT2D eigenvalue weighted by Gasteiger charge is -2.35. The normalized spacial score (nSPS) is 16.8. The Balaban J connectivity index is 2.10. The van der Waals surface area contributed by atoms with Crippen LogP contribution in [0.3, 0.4) is 0 Å². The van der Waals surface area contributed by atoms with Crippen LogP contribution in [0, 0.1) is 5.92 Å². The SMILES string of the molecule is CCNC(CN1CCCc2ccccc21)C(C)C. The van der Waals surface area contributed by atoms with Crippen LogP contribution in [0.4, 0.5) is 5.69 Å². The predicted octanol–water partition coefficient (Wildman–Crippen LogP) is 3.07. The molecule has 1 aromatic carbocycles. The van der Waals surface area contributed by atoms with Crippen LogP contribution < -0.4 is 10.2 Å². The summed E-state index contributed by atoms with van der Waals surface area (Å²) in [6.07, 6.45) is 2.52. The number of hydrogen-bond donors (Lipinski definition) is 1. The number of hydrogen-bond acceptors (Lipinski definition) is 2. The molecule has 100 valence electrons. The summed E-state index contributed by atoms with van der Waals surface area (Å²) in [7, 11) is 0. The van der Waals surface area contributed by atoms with Crippen molar-refractivity contribution in [3.05, 3.63) is 29.8 Å². The van der Waals surface area contributed by atoms with Crippen molar-refractivity contribution < 1.29 is 0 Å². The molecule has 1 atom stereocenters. The molecule has 18 heavy (non-hydrogen) atoms. The van der Waals surface area contributed by atoms with Crippen LogP contribution in [0.15, 0.2) is 24.3 Å². The fraction of sp³-hybridized carbons (Fsp3) is 0.625. The summed E-state index contributed by atoms with van der Waals surface area (Å²) in [5.41, 5.74) is 2.97. The van der Waals surface area contributed by atoms with Crippen molar-refractivity contribution in [2.45, 2.75) is 39.7 Å². The maximum absolute atomic E-state index is 3.62. The van der Waals surface area contributed by atoms with E-state index in [1.165, 1.54) is 30.6 Å². The maximum atomic E-state index is 3.62. The molecular formula is C16H26N2. The molecule has 1 aliphatic rings. The highest BCUT2D eigenvalue weighted by Gasteiger charge is 2.21. The van der Waals surface area contributed by atoms with Gasteiger partial charge in [-0.25, -0.2) is 0 Å². The van der Waals surface area contributed by atoms with Crippen LogP contribution in [0.1, 0.15) is 32.8 Å². The number of fused-ring (bicyclic) bond motifs is 1. The molecule has 2 nitrogen and oxygen atoms in total. The molecule has 0 saturated carbocycles. The Kier molecular flexibility index (Phi) is 4.65. The van der Waals surface area contributed by atoms with E-state index in [1.54, 1.807) is 0 Å². The monoisotopic (exact) mass is 246 g/mol. The first kappa shape index (κ1) is 13.4. The van der Waals surface area contributed by atoms with Gasteiger partial charge in [0.05, 0.1) is 0 Å². The van der Waals surface area contributed by atoms with E-state index >= 15 is 0 Å². The first-order valence-electron chi connectivity index (χ1n) is 7.28. The molecule has 0 radical (unpaired) electrons. The first-order valence-corrected chi connectivity index (χ1v) is 7.28. The van der Waals surface area contributed by atoms with Gasteiger partial charge in [-0.1, -0.05) is 39.0 Å². The molecule has 1 unspecified atom stereocenters. The Labute approximate surface area is 111 Å². The molecule has 0 amide bonds. The zero-order valence-electron chi connectivity index (χ0n) is 11.9. The Morgan fingerprint density at radius 3 is 2.78 bits per heavy atom. The van der Waals surface area contributed by atoms with Gasteiger partial charge in [0.15, 0.2) is 0 Å². The van der Waals surface area contributed by atoms with Gasteiger partial charge in [0.2, 0.25) is 0 Å². The van der Waals surface area contributed by atoms with Crippen LogP contribution in [0.25, 0.3) is 0 Å². The standard InChI is InChI=1S/C16H26N2/c1-4-17-15(13(2)3)12-18-11-7-9-14-8-5-6-10-16(14)18/h5-6,8,10,13,15,17H,4,7,9,11-12H2,1-3H3. The molecule has 1 heterocycles. The van der Waals surface area contributed by atoms with E-state index in [1.807, 2.05) is 0 Å². The predicted molar refractivity (Wildman–Crippen MR) is 79.3 cm³/mol. The van der Waals surface area contributed by atoms with E-state index in [2.05, 4.69) is 55.3 Å². The van der Waals surface area contributed by atoms with Crippen molar-refractivity contribution in [3.63, 3.8) is 0 Å². The highest BCUT2D eigenvalue weighted by molar-refractivity contribution is 5.55. The van der Waals surface area contributed by atoms with E-state index in [0.29, 0.717) is 12.0 Å². The number of benzene rings is 1. The largest absolute Gasteiger partial charge is 0.370 e. The molecule has 0 bridgehead atoms. The highest BCUT2D eigenvalue weighted by atomic mass is 15.2. The molecule has 1 aliphatic heterocycles. The van der Waals surface area contributed by atoms with Crippen molar-refractivity contribution in [2.24, 2.45) is 5.92 Å². The third-order valence-electron chi connectivity index (χ3n) is 3.89. The first-order chi connectivity index (χ1) is 8.72. The van der Waals surface area contributed by atoms with Crippen molar-refractivity contribution in [1.82, 2.24) is 5.32 Å². The lowest BCUT2D eigenvalue weighted by atomic mass is 9.98. The molecule has 2 heteroatoms. The van der Waals surface area contributed by atoms with Gasteiger partial charge in [0.25, 0.3) is 0 Å². The number of rotatable bonds is 5. The van der Waals surface area contributed by atoms with Gasteiger partial charge in [-0.15, -0.1) is 0 Å². The second-order valence-electron chi connectivity index (χ2n) is 5.59. The summed E-state index contributed by atoms with van der Waals surface area (Å²) in [6.45, 7) is 10.2. The molecular weight excluding hydrogens is 220 g/mol. The van der Waals surface area contributed by atoms with E-state index in [4.69, 9.17) is 0 Å². The minimum atomic E-state index is 0.584. The summed E-state index contributed by atoms with van der Waals surface area (Å²) in [6, 6.07) is 9.46. The third kappa shape index (κ3) is 3.05. The van der Waals surface area contributed by atoms with Gasteiger partial charge < -0.3 is 10.2 Å². The van der Waals surface area contributed by atoms with Crippen LogP contribution in [-0.4, -0.2) is 25.7 Å². The number of para-hydroxylation sites is 1. The smallest absolute Gasteiger partial charge is 0.0399 e. The lowest BCUT2D eigenvalue weighted by Crippen LogP contribution is -2.45. The summed E-state index contributed by atoms with van der Waals surface area (Å²) >= 11 is 0. The summed E-state index contributed by atoms with van der Waals surface area (Å²) in [5, 5.41) is 3.62. The summed E-state index contributed by atoms with van der Waals surface area (Å²) in [4.78, 5) is 2.56. The van der Waals surface area contributed by atoms with E-state index in [0.717, 1.165) is 13.1 Å².